The average molecular weight is 305 g/mol. The molecule has 0 spiro atoms. The van der Waals surface area contributed by atoms with Gasteiger partial charge in [0.15, 0.2) is 0 Å². The molecule has 6 nitrogen and oxygen atoms in total. The highest BCUT2D eigenvalue weighted by Crippen LogP contribution is 2.32. The van der Waals surface area contributed by atoms with Gasteiger partial charge in [-0.25, -0.2) is 0 Å². The lowest BCUT2D eigenvalue weighted by molar-refractivity contribution is 0.113. The number of aliphatic hydroxyl groups excluding tert-OH is 1. The SMILES string of the molecule is CN(C)[C@H]1CN(S(=O)(=O)N2CCC(C)(C)CC2)C[C@@H]1O. The third-order valence-electron chi connectivity index (χ3n) is 4.62. The zero-order valence-electron chi connectivity index (χ0n) is 12.9. The molecule has 0 aromatic carbocycles. The van der Waals surface area contributed by atoms with Crippen LogP contribution in [0.25, 0.3) is 0 Å². The highest BCUT2D eigenvalue weighted by molar-refractivity contribution is 7.86. The summed E-state index contributed by atoms with van der Waals surface area (Å²) in [5.41, 5.74) is 0.225. The first-order valence-electron chi connectivity index (χ1n) is 7.23. The minimum Gasteiger partial charge on any atom is -0.390 e. The van der Waals surface area contributed by atoms with Gasteiger partial charge in [0.25, 0.3) is 10.2 Å². The van der Waals surface area contributed by atoms with E-state index in [0.717, 1.165) is 12.8 Å². The Balaban J connectivity index is 2.05. The quantitative estimate of drug-likeness (QED) is 0.795. The first-order valence-corrected chi connectivity index (χ1v) is 8.63. The molecule has 0 aliphatic carbocycles. The molecule has 0 aromatic heterocycles. The summed E-state index contributed by atoms with van der Waals surface area (Å²) in [4.78, 5) is 1.89. The van der Waals surface area contributed by atoms with Crippen LogP contribution in [0.1, 0.15) is 26.7 Å². The standard InChI is InChI=1S/C13H27N3O3S/c1-13(2)5-7-15(8-6-13)20(18,19)16-9-11(14(3)4)12(17)10-16/h11-12,17H,5-10H2,1-4H3/t11-,12-/m0/s1. The summed E-state index contributed by atoms with van der Waals surface area (Å²) in [5, 5.41) is 10.0. The van der Waals surface area contributed by atoms with Crippen LogP contribution in [0.4, 0.5) is 0 Å². The molecule has 0 saturated carbocycles. The van der Waals surface area contributed by atoms with Crippen LogP contribution in [0, 0.1) is 5.41 Å². The van der Waals surface area contributed by atoms with E-state index in [-0.39, 0.29) is 18.0 Å². The van der Waals surface area contributed by atoms with E-state index in [1.54, 1.807) is 4.31 Å². The van der Waals surface area contributed by atoms with Crippen molar-refractivity contribution in [3.05, 3.63) is 0 Å². The predicted octanol–water partition coefficient (Wildman–Crippen LogP) is -0.0401. The molecule has 0 bridgehead atoms. The number of β-amino-alcohol motifs (C(OH)–C–C–N with tert-alkyl or cyclic N) is 1. The van der Waals surface area contributed by atoms with Gasteiger partial charge in [-0.1, -0.05) is 13.8 Å². The first-order chi connectivity index (χ1) is 9.13. The Bertz CT molecular complexity index is 440. The predicted molar refractivity (Wildman–Crippen MR) is 78.6 cm³/mol. The minimum absolute atomic E-state index is 0.119. The summed E-state index contributed by atoms with van der Waals surface area (Å²) in [6.45, 7) is 6.09. The fourth-order valence-electron chi connectivity index (χ4n) is 2.92. The van der Waals surface area contributed by atoms with Crippen LogP contribution in [0.2, 0.25) is 0 Å². The molecule has 1 N–H and O–H groups in total. The smallest absolute Gasteiger partial charge is 0.282 e. The zero-order chi connectivity index (χ0) is 15.1. The Labute approximate surface area is 122 Å². The zero-order valence-corrected chi connectivity index (χ0v) is 13.7. The molecule has 0 amide bonds. The maximum Gasteiger partial charge on any atom is 0.282 e. The monoisotopic (exact) mass is 305 g/mol. The molecular weight excluding hydrogens is 278 g/mol. The van der Waals surface area contributed by atoms with Gasteiger partial charge >= 0.3 is 0 Å². The largest absolute Gasteiger partial charge is 0.390 e. The molecule has 2 atom stereocenters. The van der Waals surface area contributed by atoms with Gasteiger partial charge in [-0.05, 0) is 32.4 Å². The summed E-state index contributed by atoms with van der Waals surface area (Å²) in [5.74, 6) is 0. The molecule has 118 valence electrons. The van der Waals surface area contributed by atoms with E-state index in [1.807, 2.05) is 19.0 Å². The van der Waals surface area contributed by atoms with Crippen molar-refractivity contribution >= 4 is 10.2 Å². The van der Waals surface area contributed by atoms with Gasteiger partial charge in [-0.2, -0.15) is 17.0 Å². The number of rotatable bonds is 3. The molecule has 0 radical (unpaired) electrons. The van der Waals surface area contributed by atoms with Crippen molar-refractivity contribution in [3.63, 3.8) is 0 Å². The molecule has 2 aliphatic rings. The van der Waals surface area contributed by atoms with E-state index in [4.69, 9.17) is 0 Å². The second-order valence-electron chi connectivity index (χ2n) is 6.99. The van der Waals surface area contributed by atoms with Crippen molar-refractivity contribution in [2.75, 3.05) is 40.3 Å². The van der Waals surface area contributed by atoms with Crippen molar-refractivity contribution in [1.82, 2.24) is 13.5 Å². The van der Waals surface area contributed by atoms with Gasteiger partial charge in [0.1, 0.15) is 0 Å². The van der Waals surface area contributed by atoms with Crippen LogP contribution < -0.4 is 0 Å². The number of aliphatic hydroxyl groups is 1. The van der Waals surface area contributed by atoms with E-state index >= 15 is 0 Å². The van der Waals surface area contributed by atoms with Crippen LogP contribution >= 0.6 is 0 Å². The maximum absolute atomic E-state index is 12.6. The van der Waals surface area contributed by atoms with E-state index in [0.29, 0.717) is 19.6 Å². The summed E-state index contributed by atoms with van der Waals surface area (Å²) >= 11 is 0. The van der Waals surface area contributed by atoms with Gasteiger partial charge in [0.2, 0.25) is 0 Å². The Morgan fingerprint density at radius 1 is 1.10 bits per heavy atom. The lowest BCUT2D eigenvalue weighted by Crippen LogP contribution is -2.48. The van der Waals surface area contributed by atoms with E-state index in [2.05, 4.69) is 13.8 Å². The maximum atomic E-state index is 12.6. The molecule has 7 heteroatoms. The third-order valence-corrected chi connectivity index (χ3v) is 6.59. The fourth-order valence-corrected chi connectivity index (χ4v) is 4.57. The Kier molecular flexibility index (Phi) is 4.47. The summed E-state index contributed by atoms with van der Waals surface area (Å²) in [6.07, 6.45) is 1.17. The van der Waals surface area contributed by atoms with Crippen molar-refractivity contribution < 1.29 is 13.5 Å². The molecule has 20 heavy (non-hydrogen) atoms. The van der Waals surface area contributed by atoms with Crippen molar-refractivity contribution in [2.24, 2.45) is 5.41 Å². The molecule has 0 aromatic rings. The van der Waals surface area contributed by atoms with E-state index < -0.39 is 16.3 Å². The van der Waals surface area contributed by atoms with Gasteiger partial charge in [0, 0.05) is 26.2 Å². The Morgan fingerprint density at radius 2 is 1.65 bits per heavy atom. The van der Waals surface area contributed by atoms with Crippen LogP contribution in [0.15, 0.2) is 0 Å². The van der Waals surface area contributed by atoms with Gasteiger partial charge in [-0.15, -0.1) is 0 Å². The molecule has 2 rings (SSSR count). The van der Waals surface area contributed by atoms with Crippen molar-refractivity contribution in [3.8, 4) is 0 Å². The molecule has 2 heterocycles. The fraction of sp³-hybridized carbons (Fsp3) is 1.00. The van der Waals surface area contributed by atoms with E-state index in [1.165, 1.54) is 4.31 Å². The number of hydrogen-bond donors (Lipinski definition) is 1. The molecule has 2 fully saturated rings. The number of nitrogens with zero attached hydrogens (tertiary/aromatic N) is 3. The summed E-state index contributed by atoms with van der Waals surface area (Å²) in [7, 11) is 0.306. The molecule has 2 aliphatic heterocycles. The Morgan fingerprint density at radius 3 is 2.10 bits per heavy atom. The Hall–Kier alpha value is -0.210. The lowest BCUT2D eigenvalue weighted by Gasteiger charge is -2.37. The van der Waals surface area contributed by atoms with Crippen molar-refractivity contribution in [1.29, 1.82) is 0 Å². The highest BCUT2D eigenvalue weighted by Gasteiger charge is 2.42. The van der Waals surface area contributed by atoms with Crippen LogP contribution in [0.3, 0.4) is 0 Å². The van der Waals surface area contributed by atoms with Gasteiger partial charge in [0.05, 0.1) is 12.1 Å². The molecular formula is C13H27N3O3S. The molecule has 0 unspecified atom stereocenters. The highest BCUT2D eigenvalue weighted by atomic mass is 32.2. The van der Waals surface area contributed by atoms with E-state index in [9.17, 15) is 13.5 Å². The minimum atomic E-state index is -3.43. The lowest BCUT2D eigenvalue weighted by atomic mass is 9.83. The second-order valence-corrected chi connectivity index (χ2v) is 8.91. The second kappa shape index (κ2) is 5.53. The third kappa shape index (κ3) is 3.17. The number of hydrogen-bond acceptors (Lipinski definition) is 4. The van der Waals surface area contributed by atoms with Crippen LogP contribution in [-0.2, 0) is 10.2 Å². The first kappa shape index (κ1) is 16.2. The summed E-state index contributed by atoms with van der Waals surface area (Å²) in [6, 6.07) is -0.119. The number of piperidine rings is 1. The molecule has 2 saturated heterocycles. The number of likely N-dealkylation sites (N-methyl/N-ethyl adjacent to an activating group) is 1. The van der Waals surface area contributed by atoms with Crippen molar-refractivity contribution in [2.45, 2.75) is 38.8 Å². The van der Waals surface area contributed by atoms with Crippen LogP contribution in [0.5, 0.6) is 0 Å². The van der Waals surface area contributed by atoms with Gasteiger partial charge < -0.3 is 10.0 Å². The van der Waals surface area contributed by atoms with Crippen LogP contribution in [-0.4, -0.2) is 79.5 Å². The normalized spacial score (nSPS) is 32.9. The average Bonchev–Trinajstić information content (AvgIpc) is 2.71. The topological polar surface area (TPSA) is 64.1 Å². The summed E-state index contributed by atoms with van der Waals surface area (Å²) < 4.78 is 28.3. The van der Waals surface area contributed by atoms with Gasteiger partial charge in [-0.3, -0.25) is 0 Å².